The number of nitrogens with one attached hydrogen (secondary N) is 1. The van der Waals surface area contributed by atoms with Crippen LogP contribution in [0, 0.1) is 6.92 Å². The number of hydrogen-bond donors (Lipinski definition) is 2. The molecule has 2 aromatic carbocycles. The monoisotopic (exact) mass is 324 g/mol. The van der Waals surface area contributed by atoms with Crippen LogP contribution in [-0.2, 0) is 10.0 Å². The minimum atomic E-state index is -3.87. The van der Waals surface area contributed by atoms with E-state index in [0.717, 1.165) is 0 Å². The van der Waals surface area contributed by atoms with Crippen LogP contribution >= 0.6 is 11.6 Å². The van der Waals surface area contributed by atoms with E-state index in [1.165, 1.54) is 18.2 Å². The molecule has 0 atom stereocenters. The minimum Gasteiger partial charge on any atom is -0.322 e. The van der Waals surface area contributed by atoms with E-state index in [4.69, 9.17) is 16.7 Å². The molecule has 0 radical (unpaired) electrons. The number of carbonyl (C=O) groups excluding carboxylic acids is 1. The first-order valence-electron chi connectivity index (χ1n) is 5.98. The Kier molecular flexibility index (Phi) is 4.32. The lowest BCUT2D eigenvalue weighted by molar-refractivity contribution is 0.102. The smallest absolute Gasteiger partial charge is 0.255 e. The second kappa shape index (κ2) is 5.85. The summed E-state index contributed by atoms with van der Waals surface area (Å²) < 4.78 is 22.9. The molecule has 21 heavy (non-hydrogen) atoms. The van der Waals surface area contributed by atoms with Crippen molar-refractivity contribution in [3.8, 4) is 0 Å². The third kappa shape index (κ3) is 3.81. The van der Waals surface area contributed by atoms with Crippen molar-refractivity contribution in [1.82, 2.24) is 0 Å². The number of benzene rings is 2. The van der Waals surface area contributed by atoms with Crippen LogP contribution in [0.2, 0.25) is 5.02 Å². The van der Waals surface area contributed by atoms with E-state index in [0.29, 0.717) is 16.3 Å². The maximum Gasteiger partial charge on any atom is 0.255 e. The van der Waals surface area contributed by atoms with Gasteiger partial charge in [0.15, 0.2) is 0 Å². The van der Waals surface area contributed by atoms with Crippen LogP contribution in [0.3, 0.4) is 0 Å². The number of primary sulfonamides is 1. The molecule has 1 amide bonds. The molecule has 2 rings (SSSR count). The summed E-state index contributed by atoms with van der Waals surface area (Å²) in [5.74, 6) is -0.428. The normalized spacial score (nSPS) is 11.2. The molecule has 0 heterocycles. The molecule has 110 valence electrons. The van der Waals surface area contributed by atoms with Gasteiger partial charge in [-0.25, -0.2) is 13.6 Å². The number of amides is 1. The van der Waals surface area contributed by atoms with Crippen LogP contribution in [0.25, 0.3) is 0 Å². The van der Waals surface area contributed by atoms with Crippen LogP contribution < -0.4 is 10.5 Å². The van der Waals surface area contributed by atoms with Crippen LogP contribution in [0.15, 0.2) is 47.4 Å². The second-order valence-corrected chi connectivity index (χ2v) is 6.45. The van der Waals surface area contributed by atoms with E-state index in [1.54, 1.807) is 31.2 Å². The summed E-state index contributed by atoms with van der Waals surface area (Å²) in [6.45, 7) is 1.61. The van der Waals surface area contributed by atoms with Gasteiger partial charge in [0.2, 0.25) is 10.0 Å². The predicted molar refractivity (Wildman–Crippen MR) is 82.0 cm³/mol. The predicted octanol–water partition coefficient (Wildman–Crippen LogP) is 2.55. The summed E-state index contributed by atoms with van der Waals surface area (Å²) >= 11 is 5.76. The number of anilines is 1. The van der Waals surface area contributed by atoms with Gasteiger partial charge in [0.25, 0.3) is 5.91 Å². The standard InChI is InChI=1S/C14H13ClN2O3S/c1-9-2-3-10(8-13(9)21(16,19)20)14(18)17-12-6-4-11(15)5-7-12/h2-8H,1H3,(H,17,18)(H2,16,19,20). The quantitative estimate of drug-likeness (QED) is 0.909. The Hall–Kier alpha value is -1.89. The molecule has 0 aliphatic carbocycles. The first kappa shape index (κ1) is 15.5. The zero-order chi connectivity index (χ0) is 15.6. The van der Waals surface area contributed by atoms with E-state index in [2.05, 4.69) is 5.32 Å². The molecule has 0 aromatic heterocycles. The summed E-state index contributed by atoms with van der Waals surface area (Å²) in [5, 5.41) is 8.33. The Labute approximate surface area is 127 Å². The maximum atomic E-state index is 12.1. The van der Waals surface area contributed by atoms with Crippen LogP contribution in [-0.4, -0.2) is 14.3 Å². The van der Waals surface area contributed by atoms with Gasteiger partial charge in [-0.15, -0.1) is 0 Å². The van der Waals surface area contributed by atoms with E-state index in [9.17, 15) is 13.2 Å². The average Bonchev–Trinajstić information content (AvgIpc) is 2.40. The molecular weight excluding hydrogens is 312 g/mol. The lowest BCUT2D eigenvalue weighted by Crippen LogP contribution is -2.17. The van der Waals surface area contributed by atoms with E-state index >= 15 is 0 Å². The van der Waals surface area contributed by atoms with Crippen LogP contribution in [0.1, 0.15) is 15.9 Å². The van der Waals surface area contributed by atoms with Gasteiger partial charge in [0, 0.05) is 16.3 Å². The van der Waals surface area contributed by atoms with Gasteiger partial charge < -0.3 is 5.32 Å². The highest BCUT2D eigenvalue weighted by atomic mass is 35.5. The number of rotatable bonds is 3. The maximum absolute atomic E-state index is 12.1. The highest BCUT2D eigenvalue weighted by molar-refractivity contribution is 7.89. The molecule has 3 N–H and O–H groups in total. The first-order chi connectivity index (χ1) is 9.77. The van der Waals surface area contributed by atoms with E-state index < -0.39 is 15.9 Å². The van der Waals surface area contributed by atoms with E-state index in [1.807, 2.05) is 0 Å². The van der Waals surface area contributed by atoms with Gasteiger partial charge in [-0.05, 0) is 48.9 Å². The number of hydrogen-bond acceptors (Lipinski definition) is 3. The topological polar surface area (TPSA) is 89.3 Å². The number of nitrogens with two attached hydrogens (primary N) is 1. The van der Waals surface area contributed by atoms with Crippen molar-refractivity contribution in [3.05, 3.63) is 58.6 Å². The van der Waals surface area contributed by atoms with Crippen LogP contribution in [0.5, 0.6) is 0 Å². The number of aryl methyl sites for hydroxylation is 1. The molecule has 0 fully saturated rings. The molecule has 0 saturated heterocycles. The minimum absolute atomic E-state index is 0.0637. The van der Waals surface area contributed by atoms with Crippen molar-refractivity contribution in [1.29, 1.82) is 0 Å². The fraction of sp³-hybridized carbons (Fsp3) is 0.0714. The number of sulfonamides is 1. The molecule has 0 aliphatic rings. The first-order valence-corrected chi connectivity index (χ1v) is 7.90. The van der Waals surface area contributed by atoms with Gasteiger partial charge in [-0.2, -0.15) is 0 Å². The van der Waals surface area contributed by atoms with Crippen LogP contribution in [0.4, 0.5) is 5.69 Å². The molecule has 0 unspecified atom stereocenters. The Balaban J connectivity index is 2.30. The third-order valence-corrected chi connectivity index (χ3v) is 4.16. The van der Waals surface area contributed by atoms with Crippen molar-refractivity contribution in [2.24, 2.45) is 5.14 Å². The number of carbonyl (C=O) groups is 1. The summed E-state index contributed by atoms with van der Waals surface area (Å²) in [7, 11) is -3.87. The van der Waals surface area contributed by atoms with Crippen molar-refractivity contribution in [2.45, 2.75) is 11.8 Å². The van der Waals surface area contributed by atoms with Crippen molar-refractivity contribution < 1.29 is 13.2 Å². The zero-order valence-corrected chi connectivity index (χ0v) is 12.7. The summed E-state index contributed by atoms with van der Waals surface area (Å²) in [5.41, 5.74) is 1.25. The molecule has 2 aromatic rings. The lowest BCUT2D eigenvalue weighted by atomic mass is 10.1. The van der Waals surface area contributed by atoms with Gasteiger partial charge >= 0.3 is 0 Å². The largest absolute Gasteiger partial charge is 0.322 e. The van der Waals surface area contributed by atoms with Gasteiger partial charge in [0.1, 0.15) is 0 Å². The third-order valence-electron chi connectivity index (χ3n) is 2.86. The van der Waals surface area contributed by atoms with Crippen molar-refractivity contribution in [3.63, 3.8) is 0 Å². The van der Waals surface area contributed by atoms with Gasteiger partial charge in [0.05, 0.1) is 4.90 Å². The molecule has 0 aliphatic heterocycles. The van der Waals surface area contributed by atoms with Crippen molar-refractivity contribution in [2.75, 3.05) is 5.32 Å². The Morgan fingerprint density at radius 3 is 2.33 bits per heavy atom. The highest BCUT2D eigenvalue weighted by Crippen LogP contribution is 2.18. The Morgan fingerprint density at radius 2 is 1.76 bits per heavy atom. The Morgan fingerprint density at radius 1 is 1.14 bits per heavy atom. The summed E-state index contributed by atoms with van der Waals surface area (Å²) in [6.07, 6.45) is 0. The fourth-order valence-electron chi connectivity index (χ4n) is 1.78. The van der Waals surface area contributed by atoms with Gasteiger partial charge in [-0.1, -0.05) is 17.7 Å². The molecule has 0 bridgehead atoms. The van der Waals surface area contributed by atoms with Crippen molar-refractivity contribution >= 4 is 33.2 Å². The molecule has 0 saturated carbocycles. The molecular formula is C14H13ClN2O3S. The molecule has 5 nitrogen and oxygen atoms in total. The summed E-state index contributed by atoms with van der Waals surface area (Å²) in [4.78, 5) is 12.0. The fourth-order valence-corrected chi connectivity index (χ4v) is 2.72. The SMILES string of the molecule is Cc1ccc(C(=O)Nc2ccc(Cl)cc2)cc1S(N)(=O)=O. The second-order valence-electron chi connectivity index (χ2n) is 4.49. The number of halogens is 1. The van der Waals surface area contributed by atoms with E-state index in [-0.39, 0.29) is 10.5 Å². The Bertz CT molecular complexity index is 786. The van der Waals surface area contributed by atoms with Gasteiger partial charge in [-0.3, -0.25) is 4.79 Å². The summed E-state index contributed by atoms with van der Waals surface area (Å²) in [6, 6.07) is 10.9. The zero-order valence-electron chi connectivity index (χ0n) is 11.1. The average molecular weight is 325 g/mol. The highest BCUT2D eigenvalue weighted by Gasteiger charge is 2.15. The molecule has 0 spiro atoms. The molecule has 7 heteroatoms. The lowest BCUT2D eigenvalue weighted by Gasteiger charge is -2.08.